The van der Waals surface area contributed by atoms with Gasteiger partial charge in [0.1, 0.15) is 5.82 Å². The average Bonchev–Trinajstić information content (AvgIpc) is 2.97. The van der Waals surface area contributed by atoms with E-state index in [2.05, 4.69) is 28.6 Å². The Morgan fingerprint density at radius 2 is 1.69 bits per heavy atom. The highest BCUT2D eigenvalue weighted by Crippen LogP contribution is 2.23. The van der Waals surface area contributed by atoms with E-state index in [1.165, 1.54) is 5.56 Å². The largest absolute Gasteiger partial charge is 0.347 e. The fourth-order valence-electron chi connectivity index (χ4n) is 2.90. The topological polar surface area (TPSA) is 46.9 Å². The average molecular weight is 345 g/mol. The standard InChI is InChI=1S/C22H23N3O/c1-16(2)22(26)23-15-19-20(14-17-10-6-4-7-11-17)25(3)21(24-19)18-12-8-5-9-13-18/h4-13H,1,14-15H2,2-3H3,(H,23,26). The molecule has 0 radical (unpaired) electrons. The summed E-state index contributed by atoms with van der Waals surface area (Å²) in [7, 11) is 2.03. The second-order valence-electron chi connectivity index (χ2n) is 6.38. The van der Waals surface area contributed by atoms with Crippen LogP contribution < -0.4 is 5.32 Å². The molecule has 4 heteroatoms. The van der Waals surface area contributed by atoms with Gasteiger partial charge in [0.25, 0.3) is 0 Å². The second-order valence-corrected chi connectivity index (χ2v) is 6.38. The molecule has 1 amide bonds. The molecule has 3 rings (SSSR count). The third kappa shape index (κ3) is 3.91. The number of amides is 1. The van der Waals surface area contributed by atoms with E-state index in [0.717, 1.165) is 29.2 Å². The third-order valence-corrected chi connectivity index (χ3v) is 4.35. The Labute approximate surface area is 154 Å². The summed E-state index contributed by atoms with van der Waals surface area (Å²) in [5.74, 6) is 0.749. The summed E-state index contributed by atoms with van der Waals surface area (Å²) in [5, 5.41) is 2.90. The van der Waals surface area contributed by atoms with Crippen LogP contribution in [0.2, 0.25) is 0 Å². The van der Waals surface area contributed by atoms with Gasteiger partial charge < -0.3 is 9.88 Å². The van der Waals surface area contributed by atoms with Crippen LogP contribution in [0.1, 0.15) is 23.9 Å². The van der Waals surface area contributed by atoms with Crippen LogP contribution >= 0.6 is 0 Å². The molecule has 132 valence electrons. The van der Waals surface area contributed by atoms with Crippen LogP contribution in [-0.2, 0) is 24.8 Å². The molecule has 2 aromatic carbocycles. The predicted octanol–water partition coefficient (Wildman–Crippen LogP) is 3.87. The lowest BCUT2D eigenvalue weighted by Gasteiger charge is -2.09. The maximum atomic E-state index is 11.9. The van der Waals surface area contributed by atoms with Gasteiger partial charge in [0.15, 0.2) is 0 Å². The number of benzene rings is 2. The van der Waals surface area contributed by atoms with E-state index in [0.29, 0.717) is 12.1 Å². The van der Waals surface area contributed by atoms with Crippen molar-refractivity contribution in [3.63, 3.8) is 0 Å². The van der Waals surface area contributed by atoms with E-state index in [4.69, 9.17) is 4.98 Å². The van der Waals surface area contributed by atoms with Crippen molar-refractivity contribution in [3.05, 3.63) is 89.8 Å². The van der Waals surface area contributed by atoms with Crippen molar-refractivity contribution in [1.82, 2.24) is 14.9 Å². The van der Waals surface area contributed by atoms with Crippen molar-refractivity contribution in [2.24, 2.45) is 7.05 Å². The smallest absolute Gasteiger partial charge is 0.246 e. The summed E-state index contributed by atoms with van der Waals surface area (Å²) in [4.78, 5) is 16.7. The Morgan fingerprint density at radius 3 is 2.31 bits per heavy atom. The molecule has 0 spiro atoms. The van der Waals surface area contributed by atoms with Gasteiger partial charge in [-0.25, -0.2) is 4.98 Å². The molecule has 0 saturated carbocycles. The van der Waals surface area contributed by atoms with Crippen LogP contribution in [0.3, 0.4) is 0 Å². The first-order valence-electron chi connectivity index (χ1n) is 8.63. The molecule has 0 aliphatic heterocycles. The molecule has 3 aromatic rings. The fourth-order valence-corrected chi connectivity index (χ4v) is 2.90. The molecule has 0 fully saturated rings. The number of aromatic nitrogens is 2. The lowest BCUT2D eigenvalue weighted by atomic mass is 10.1. The summed E-state index contributed by atoms with van der Waals surface area (Å²) in [6.45, 7) is 5.78. The third-order valence-electron chi connectivity index (χ3n) is 4.35. The van der Waals surface area contributed by atoms with Gasteiger partial charge in [-0.15, -0.1) is 0 Å². The maximum absolute atomic E-state index is 11.9. The molecule has 4 nitrogen and oxygen atoms in total. The van der Waals surface area contributed by atoms with E-state index in [1.54, 1.807) is 6.92 Å². The Bertz CT molecular complexity index is 911. The molecule has 1 N–H and O–H groups in total. The number of imidazole rings is 1. The van der Waals surface area contributed by atoms with Crippen molar-refractivity contribution in [1.29, 1.82) is 0 Å². The van der Waals surface area contributed by atoms with Gasteiger partial charge in [-0.3, -0.25) is 4.79 Å². The second kappa shape index (κ2) is 7.83. The zero-order chi connectivity index (χ0) is 18.5. The first-order chi connectivity index (χ1) is 12.6. The monoisotopic (exact) mass is 345 g/mol. The molecule has 0 atom stereocenters. The number of hydrogen-bond acceptors (Lipinski definition) is 2. The van der Waals surface area contributed by atoms with Crippen molar-refractivity contribution < 1.29 is 4.79 Å². The number of nitrogens with zero attached hydrogens (tertiary/aromatic N) is 2. The van der Waals surface area contributed by atoms with Crippen molar-refractivity contribution in [2.75, 3.05) is 0 Å². The van der Waals surface area contributed by atoms with E-state index in [-0.39, 0.29) is 5.91 Å². The molecular weight excluding hydrogens is 322 g/mol. The minimum atomic E-state index is -0.150. The molecule has 0 bridgehead atoms. The highest BCUT2D eigenvalue weighted by Gasteiger charge is 2.17. The zero-order valence-electron chi connectivity index (χ0n) is 15.2. The van der Waals surface area contributed by atoms with Crippen LogP contribution in [0.25, 0.3) is 11.4 Å². The molecule has 26 heavy (non-hydrogen) atoms. The number of carbonyl (C=O) groups excluding carboxylic acids is 1. The van der Waals surface area contributed by atoms with Crippen molar-refractivity contribution >= 4 is 5.91 Å². The Balaban J connectivity index is 1.97. The van der Waals surface area contributed by atoms with Crippen molar-refractivity contribution in [2.45, 2.75) is 19.9 Å². The van der Waals surface area contributed by atoms with Crippen LogP contribution in [0.5, 0.6) is 0 Å². The van der Waals surface area contributed by atoms with Gasteiger partial charge >= 0.3 is 0 Å². The van der Waals surface area contributed by atoms with E-state index in [9.17, 15) is 4.79 Å². The van der Waals surface area contributed by atoms with Crippen LogP contribution in [0.15, 0.2) is 72.8 Å². The normalized spacial score (nSPS) is 10.5. The Morgan fingerprint density at radius 1 is 1.08 bits per heavy atom. The molecule has 0 saturated heterocycles. The van der Waals surface area contributed by atoms with Crippen molar-refractivity contribution in [3.8, 4) is 11.4 Å². The predicted molar refractivity (Wildman–Crippen MR) is 105 cm³/mol. The van der Waals surface area contributed by atoms with Crippen LogP contribution in [0, 0.1) is 0 Å². The Hall–Kier alpha value is -3.14. The van der Waals surface area contributed by atoms with Gasteiger partial charge in [-0.2, -0.15) is 0 Å². The number of nitrogens with one attached hydrogen (secondary N) is 1. The lowest BCUT2D eigenvalue weighted by Crippen LogP contribution is -2.24. The van der Waals surface area contributed by atoms with E-state index < -0.39 is 0 Å². The Kier molecular flexibility index (Phi) is 5.32. The van der Waals surface area contributed by atoms with Gasteiger partial charge in [-0.1, -0.05) is 67.2 Å². The highest BCUT2D eigenvalue weighted by molar-refractivity contribution is 5.92. The molecular formula is C22H23N3O. The number of rotatable bonds is 6. The van der Waals surface area contributed by atoms with Gasteiger partial charge in [-0.05, 0) is 12.5 Å². The first kappa shape index (κ1) is 17.7. The number of hydrogen-bond donors (Lipinski definition) is 1. The van der Waals surface area contributed by atoms with Gasteiger partial charge in [0.05, 0.1) is 12.2 Å². The summed E-state index contributed by atoms with van der Waals surface area (Å²) in [6, 6.07) is 20.4. The summed E-state index contributed by atoms with van der Waals surface area (Å²) in [5.41, 5.74) is 4.74. The van der Waals surface area contributed by atoms with Crippen LogP contribution in [-0.4, -0.2) is 15.5 Å². The molecule has 0 unspecified atom stereocenters. The molecule has 0 aliphatic rings. The molecule has 1 heterocycles. The highest BCUT2D eigenvalue weighted by atomic mass is 16.1. The van der Waals surface area contributed by atoms with Gasteiger partial charge in [0.2, 0.25) is 5.91 Å². The summed E-state index contributed by atoms with van der Waals surface area (Å²) in [6.07, 6.45) is 0.759. The van der Waals surface area contributed by atoms with Gasteiger partial charge in [0, 0.05) is 30.3 Å². The maximum Gasteiger partial charge on any atom is 0.246 e. The first-order valence-corrected chi connectivity index (χ1v) is 8.63. The summed E-state index contributed by atoms with van der Waals surface area (Å²) >= 11 is 0. The minimum absolute atomic E-state index is 0.150. The minimum Gasteiger partial charge on any atom is -0.347 e. The summed E-state index contributed by atoms with van der Waals surface area (Å²) < 4.78 is 2.12. The molecule has 0 aliphatic carbocycles. The zero-order valence-corrected chi connectivity index (χ0v) is 15.2. The quantitative estimate of drug-likeness (QED) is 0.690. The van der Waals surface area contributed by atoms with E-state index >= 15 is 0 Å². The van der Waals surface area contributed by atoms with Crippen LogP contribution in [0.4, 0.5) is 0 Å². The lowest BCUT2D eigenvalue weighted by molar-refractivity contribution is -0.117. The van der Waals surface area contributed by atoms with E-state index in [1.807, 2.05) is 55.6 Å². The SMILES string of the molecule is C=C(C)C(=O)NCc1nc(-c2ccccc2)n(C)c1Cc1ccccc1. The number of carbonyl (C=O) groups is 1. The molecule has 1 aromatic heterocycles. The fraction of sp³-hybridized carbons (Fsp3) is 0.182.